The molecule has 5 heterocycles. The van der Waals surface area contributed by atoms with Crippen molar-refractivity contribution in [2.75, 3.05) is 37.7 Å². The molecule has 1 unspecified atom stereocenters. The molecule has 1 amide bonds. The molecular formula is C19H23N7O3. The van der Waals surface area contributed by atoms with Gasteiger partial charge in [-0.3, -0.25) is 4.79 Å². The van der Waals surface area contributed by atoms with Crippen LogP contribution in [0.2, 0.25) is 0 Å². The third kappa shape index (κ3) is 3.33. The standard InChI is InChI=1S/C19H23N7O3/c1-14(15-3-2-11-28-15)18(27)25-10-12-29-19(13-25)6-8-24(9-7-19)17-5-4-16-20-22-23-26(16)21-17/h2-5,11,14H,6-10,12-13H2,1H3. The first-order valence-corrected chi connectivity index (χ1v) is 9.90. The molecule has 0 saturated carbocycles. The number of aromatic nitrogens is 5. The van der Waals surface area contributed by atoms with E-state index in [1.165, 1.54) is 4.63 Å². The second kappa shape index (κ2) is 7.11. The SMILES string of the molecule is CC(C(=O)N1CCOC2(CCN(c3ccc4nnnn4n3)CC2)C1)c1ccco1. The summed E-state index contributed by atoms with van der Waals surface area (Å²) in [4.78, 5) is 17.1. The summed E-state index contributed by atoms with van der Waals surface area (Å²) in [5.74, 6) is 1.35. The quantitative estimate of drug-likeness (QED) is 0.648. The molecule has 0 radical (unpaired) electrons. The van der Waals surface area contributed by atoms with Gasteiger partial charge in [0.1, 0.15) is 5.76 Å². The Kier molecular flexibility index (Phi) is 4.42. The van der Waals surface area contributed by atoms with Crippen molar-refractivity contribution in [3.8, 4) is 0 Å². The number of tetrazole rings is 1. The molecule has 10 nitrogen and oxygen atoms in total. The highest BCUT2D eigenvalue weighted by Crippen LogP contribution is 2.33. The van der Waals surface area contributed by atoms with Crippen LogP contribution < -0.4 is 4.90 Å². The molecule has 3 aromatic heterocycles. The van der Waals surface area contributed by atoms with E-state index in [9.17, 15) is 4.79 Å². The largest absolute Gasteiger partial charge is 0.469 e. The van der Waals surface area contributed by atoms with Gasteiger partial charge in [0.25, 0.3) is 0 Å². The van der Waals surface area contributed by atoms with Crippen LogP contribution in [0.3, 0.4) is 0 Å². The lowest BCUT2D eigenvalue weighted by atomic mass is 9.88. The van der Waals surface area contributed by atoms with Crippen LogP contribution in [-0.4, -0.2) is 74.4 Å². The van der Waals surface area contributed by atoms with Gasteiger partial charge in [0.15, 0.2) is 11.5 Å². The molecule has 2 aliphatic heterocycles. The molecule has 3 aromatic rings. The van der Waals surface area contributed by atoms with Crippen LogP contribution in [0.1, 0.15) is 31.4 Å². The number of furan rings is 1. The van der Waals surface area contributed by atoms with Crippen LogP contribution in [0.25, 0.3) is 5.65 Å². The zero-order chi connectivity index (χ0) is 19.8. The molecule has 0 bridgehead atoms. The number of ether oxygens (including phenoxy) is 1. The van der Waals surface area contributed by atoms with Gasteiger partial charge in [-0.1, -0.05) is 0 Å². The third-order valence-corrected chi connectivity index (χ3v) is 5.95. The lowest BCUT2D eigenvalue weighted by molar-refractivity contribution is -0.155. The molecule has 10 heteroatoms. The van der Waals surface area contributed by atoms with E-state index in [2.05, 4.69) is 25.5 Å². The van der Waals surface area contributed by atoms with Gasteiger partial charge in [0.05, 0.1) is 24.4 Å². The molecule has 152 valence electrons. The van der Waals surface area contributed by atoms with Gasteiger partial charge < -0.3 is 19.0 Å². The summed E-state index contributed by atoms with van der Waals surface area (Å²) in [5.41, 5.74) is 0.323. The molecule has 5 rings (SSSR count). The van der Waals surface area contributed by atoms with E-state index < -0.39 is 0 Å². The van der Waals surface area contributed by atoms with Crippen molar-refractivity contribution in [1.29, 1.82) is 0 Å². The Morgan fingerprint density at radius 1 is 1.21 bits per heavy atom. The second-order valence-corrected chi connectivity index (χ2v) is 7.73. The summed E-state index contributed by atoms with van der Waals surface area (Å²) in [6.45, 7) is 5.29. The Labute approximate surface area is 167 Å². The van der Waals surface area contributed by atoms with E-state index in [0.29, 0.717) is 31.1 Å². The van der Waals surface area contributed by atoms with Crippen molar-refractivity contribution >= 4 is 17.4 Å². The molecule has 1 atom stereocenters. The number of rotatable bonds is 3. The van der Waals surface area contributed by atoms with E-state index in [1.807, 2.05) is 36.1 Å². The van der Waals surface area contributed by atoms with Gasteiger partial charge in [-0.2, -0.15) is 0 Å². The normalized spacial score (nSPS) is 20.3. The molecule has 0 aliphatic carbocycles. The minimum atomic E-state index is -0.299. The van der Waals surface area contributed by atoms with Gasteiger partial charge in [0.2, 0.25) is 5.91 Å². The smallest absolute Gasteiger partial charge is 0.233 e. The van der Waals surface area contributed by atoms with Crippen molar-refractivity contribution in [3.05, 3.63) is 36.3 Å². The van der Waals surface area contributed by atoms with E-state index in [4.69, 9.17) is 9.15 Å². The Morgan fingerprint density at radius 3 is 2.86 bits per heavy atom. The van der Waals surface area contributed by atoms with Crippen LogP contribution in [0, 0.1) is 0 Å². The van der Waals surface area contributed by atoms with Gasteiger partial charge in [0, 0.05) is 26.2 Å². The summed E-state index contributed by atoms with van der Waals surface area (Å²) >= 11 is 0. The monoisotopic (exact) mass is 397 g/mol. The molecule has 0 N–H and O–H groups in total. The molecule has 2 fully saturated rings. The van der Waals surface area contributed by atoms with Crippen molar-refractivity contribution in [2.45, 2.75) is 31.3 Å². The molecular weight excluding hydrogens is 374 g/mol. The van der Waals surface area contributed by atoms with E-state index in [0.717, 1.165) is 31.7 Å². The van der Waals surface area contributed by atoms with Crippen LogP contribution in [0.5, 0.6) is 0 Å². The zero-order valence-corrected chi connectivity index (χ0v) is 16.3. The number of carbonyl (C=O) groups is 1. The molecule has 0 aromatic carbocycles. The number of fused-ring (bicyclic) bond motifs is 1. The van der Waals surface area contributed by atoms with Crippen molar-refractivity contribution in [3.63, 3.8) is 0 Å². The highest BCUT2D eigenvalue weighted by molar-refractivity contribution is 5.82. The maximum atomic E-state index is 13.0. The van der Waals surface area contributed by atoms with E-state index >= 15 is 0 Å². The number of hydrogen-bond acceptors (Lipinski definition) is 8. The van der Waals surface area contributed by atoms with Crippen LogP contribution in [-0.2, 0) is 9.53 Å². The Balaban J connectivity index is 1.25. The number of morpholine rings is 1. The minimum absolute atomic E-state index is 0.0934. The fourth-order valence-corrected chi connectivity index (χ4v) is 4.22. The molecule has 2 aliphatic rings. The van der Waals surface area contributed by atoms with Gasteiger partial charge in [-0.25, -0.2) is 0 Å². The minimum Gasteiger partial charge on any atom is -0.469 e. The summed E-state index contributed by atoms with van der Waals surface area (Å²) in [7, 11) is 0. The predicted molar refractivity (Wildman–Crippen MR) is 102 cm³/mol. The molecule has 2 saturated heterocycles. The van der Waals surface area contributed by atoms with Crippen LogP contribution >= 0.6 is 0 Å². The van der Waals surface area contributed by atoms with Crippen molar-refractivity contribution < 1.29 is 13.9 Å². The van der Waals surface area contributed by atoms with E-state index in [-0.39, 0.29) is 17.4 Å². The predicted octanol–water partition coefficient (Wildman–Crippen LogP) is 1.11. The number of hydrogen-bond donors (Lipinski definition) is 0. The average Bonchev–Trinajstić information content (AvgIpc) is 3.45. The average molecular weight is 397 g/mol. The number of carbonyl (C=O) groups excluding carboxylic acids is 1. The van der Waals surface area contributed by atoms with Crippen molar-refractivity contribution in [2.24, 2.45) is 0 Å². The molecule has 1 spiro atoms. The third-order valence-electron chi connectivity index (χ3n) is 5.95. The number of nitrogens with zero attached hydrogens (tertiary/aromatic N) is 7. The second-order valence-electron chi connectivity index (χ2n) is 7.73. The first kappa shape index (κ1) is 18.0. The fourth-order valence-electron chi connectivity index (χ4n) is 4.22. The van der Waals surface area contributed by atoms with Crippen molar-refractivity contribution in [1.82, 2.24) is 30.2 Å². The Morgan fingerprint density at radius 2 is 2.07 bits per heavy atom. The lowest BCUT2D eigenvalue weighted by Gasteiger charge is -2.47. The Bertz CT molecular complexity index is 994. The number of piperidine rings is 1. The van der Waals surface area contributed by atoms with E-state index in [1.54, 1.807) is 6.26 Å². The first-order chi connectivity index (χ1) is 14.1. The zero-order valence-electron chi connectivity index (χ0n) is 16.3. The highest BCUT2D eigenvalue weighted by Gasteiger charge is 2.42. The number of amides is 1. The van der Waals surface area contributed by atoms with Crippen LogP contribution in [0.4, 0.5) is 5.82 Å². The highest BCUT2D eigenvalue weighted by atomic mass is 16.5. The summed E-state index contributed by atoms with van der Waals surface area (Å²) in [5, 5.41) is 15.9. The van der Waals surface area contributed by atoms with Gasteiger partial charge in [-0.15, -0.1) is 14.8 Å². The summed E-state index contributed by atoms with van der Waals surface area (Å²) < 4.78 is 13.1. The maximum Gasteiger partial charge on any atom is 0.233 e. The van der Waals surface area contributed by atoms with Gasteiger partial charge in [-0.05, 0) is 54.5 Å². The topological polar surface area (TPSA) is 102 Å². The lowest BCUT2D eigenvalue weighted by Crippen LogP contribution is -2.58. The number of anilines is 1. The Hall–Kier alpha value is -3.01. The first-order valence-electron chi connectivity index (χ1n) is 9.90. The maximum absolute atomic E-state index is 13.0. The molecule has 29 heavy (non-hydrogen) atoms. The van der Waals surface area contributed by atoms with Crippen LogP contribution in [0.15, 0.2) is 34.9 Å². The summed E-state index contributed by atoms with van der Waals surface area (Å²) in [6.07, 6.45) is 3.28. The summed E-state index contributed by atoms with van der Waals surface area (Å²) in [6, 6.07) is 7.47. The fraction of sp³-hybridized carbons (Fsp3) is 0.526. The van der Waals surface area contributed by atoms with Gasteiger partial charge >= 0.3 is 0 Å².